The van der Waals surface area contributed by atoms with E-state index in [2.05, 4.69) is 35.2 Å². The van der Waals surface area contributed by atoms with Gasteiger partial charge in [-0.3, -0.25) is 9.52 Å². The highest BCUT2D eigenvalue weighted by atomic mass is 32.2. The minimum absolute atomic E-state index is 0.000355. The van der Waals surface area contributed by atoms with Gasteiger partial charge in [0.25, 0.3) is 0 Å². The summed E-state index contributed by atoms with van der Waals surface area (Å²) in [5, 5.41) is 14.2. The topological polar surface area (TPSA) is 125 Å². The number of nitrogens with one attached hydrogen (secondary N) is 2. The summed E-state index contributed by atoms with van der Waals surface area (Å²) in [5.74, 6) is -0.473. The number of amidine groups is 1. The van der Waals surface area contributed by atoms with Crippen molar-refractivity contribution < 1.29 is 22.5 Å². The van der Waals surface area contributed by atoms with E-state index < -0.39 is 26.4 Å². The molecule has 186 valence electrons. The summed E-state index contributed by atoms with van der Waals surface area (Å²) < 4.78 is 42.7. The van der Waals surface area contributed by atoms with Gasteiger partial charge in [0, 0.05) is 11.3 Å². The summed E-state index contributed by atoms with van der Waals surface area (Å²) in [6.07, 6.45) is 2.37. The SMILES string of the molecule is CC(C)(C)CC[C@@]1(C)C(=O)C(C2=NS(=O)c3cc(NS(C)(=O)=O)ccc3N2)=C(O)c2ccccc21. The van der Waals surface area contributed by atoms with Crippen LogP contribution in [0.4, 0.5) is 11.4 Å². The molecule has 0 saturated carbocycles. The Morgan fingerprint density at radius 2 is 1.86 bits per heavy atom. The lowest BCUT2D eigenvalue weighted by Crippen LogP contribution is -2.42. The van der Waals surface area contributed by atoms with E-state index in [9.17, 15) is 22.5 Å². The van der Waals surface area contributed by atoms with Gasteiger partial charge in [-0.2, -0.15) is 4.40 Å². The first-order chi connectivity index (χ1) is 16.2. The van der Waals surface area contributed by atoms with Gasteiger partial charge < -0.3 is 10.4 Å². The third kappa shape index (κ3) is 4.90. The van der Waals surface area contributed by atoms with E-state index in [0.717, 1.165) is 18.2 Å². The van der Waals surface area contributed by atoms with Gasteiger partial charge in [0.15, 0.2) is 22.6 Å². The number of carbonyl (C=O) groups excluding carboxylic acids is 1. The van der Waals surface area contributed by atoms with Crippen LogP contribution in [0.3, 0.4) is 0 Å². The Morgan fingerprint density at radius 3 is 2.51 bits per heavy atom. The summed E-state index contributed by atoms with van der Waals surface area (Å²) in [5.41, 5.74) is 1.06. The number of fused-ring (bicyclic) bond motifs is 2. The normalized spacial score (nSPS) is 22.1. The smallest absolute Gasteiger partial charge is 0.229 e. The lowest BCUT2D eigenvalue weighted by molar-refractivity contribution is -0.120. The van der Waals surface area contributed by atoms with Gasteiger partial charge in [0.1, 0.15) is 11.3 Å². The van der Waals surface area contributed by atoms with E-state index >= 15 is 0 Å². The van der Waals surface area contributed by atoms with Gasteiger partial charge in [-0.05, 0) is 48.9 Å². The predicted octanol–water partition coefficient (Wildman–Crippen LogP) is 4.54. The van der Waals surface area contributed by atoms with Crippen molar-refractivity contribution in [1.29, 1.82) is 0 Å². The van der Waals surface area contributed by atoms with Gasteiger partial charge >= 0.3 is 0 Å². The largest absolute Gasteiger partial charge is 0.506 e. The van der Waals surface area contributed by atoms with Crippen LogP contribution in [0, 0.1) is 5.41 Å². The molecule has 1 aliphatic carbocycles. The Kier molecular flexibility index (Phi) is 6.17. The van der Waals surface area contributed by atoms with Crippen LogP contribution >= 0.6 is 0 Å². The van der Waals surface area contributed by atoms with Crippen LogP contribution in [0.15, 0.2) is 57.3 Å². The summed E-state index contributed by atoms with van der Waals surface area (Å²) in [6, 6.07) is 11.8. The number of carbonyl (C=O) groups is 1. The number of hydrogen-bond acceptors (Lipinski definition) is 6. The molecule has 1 aliphatic heterocycles. The Labute approximate surface area is 208 Å². The standard InChI is InChI=1S/C25H29N3O5S2/c1-24(2,3)12-13-25(4)17-9-7-6-8-16(17)21(29)20(22(25)30)23-26-18-11-10-15(28-35(5,32)33)14-19(18)34(31)27-23/h6-11,14,28-29H,12-13H2,1-5H3,(H,26,27)/t25-,34?/m1/s1. The van der Waals surface area contributed by atoms with Crippen molar-refractivity contribution in [3.05, 3.63) is 59.2 Å². The molecule has 0 bridgehead atoms. The summed E-state index contributed by atoms with van der Waals surface area (Å²) in [6.45, 7) is 8.22. The van der Waals surface area contributed by atoms with Crippen molar-refractivity contribution >= 4 is 49.8 Å². The molecule has 1 heterocycles. The highest BCUT2D eigenvalue weighted by molar-refractivity contribution is 7.92. The zero-order valence-electron chi connectivity index (χ0n) is 20.3. The van der Waals surface area contributed by atoms with E-state index in [1.807, 2.05) is 19.1 Å². The van der Waals surface area contributed by atoms with Crippen molar-refractivity contribution in [3.8, 4) is 0 Å². The van der Waals surface area contributed by atoms with Crippen LogP contribution in [-0.2, 0) is 31.2 Å². The van der Waals surface area contributed by atoms with Crippen LogP contribution in [0.2, 0.25) is 0 Å². The first-order valence-corrected chi connectivity index (χ1v) is 14.2. The summed E-state index contributed by atoms with van der Waals surface area (Å²) in [7, 11) is -5.43. The van der Waals surface area contributed by atoms with Gasteiger partial charge in [-0.1, -0.05) is 45.0 Å². The van der Waals surface area contributed by atoms with Crippen molar-refractivity contribution in [2.75, 3.05) is 16.3 Å². The highest BCUT2D eigenvalue weighted by Crippen LogP contribution is 2.45. The molecule has 8 nitrogen and oxygen atoms in total. The second kappa shape index (κ2) is 8.60. The molecular formula is C25H29N3O5S2. The van der Waals surface area contributed by atoms with Crippen molar-refractivity contribution in [2.24, 2.45) is 9.81 Å². The number of hydrogen-bond donors (Lipinski definition) is 3. The predicted molar refractivity (Wildman–Crippen MR) is 139 cm³/mol. The van der Waals surface area contributed by atoms with E-state index in [4.69, 9.17) is 0 Å². The molecule has 0 spiro atoms. The molecule has 2 aromatic carbocycles. The van der Waals surface area contributed by atoms with Gasteiger partial charge in [-0.25, -0.2) is 12.6 Å². The third-order valence-corrected chi connectivity index (χ3v) is 7.92. The van der Waals surface area contributed by atoms with Gasteiger partial charge in [0.05, 0.1) is 22.3 Å². The highest BCUT2D eigenvalue weighted by Gasteiger charge is 2.46. The molecule has 35 heavy (non-hydrogen) atoms. The summed E-state index contributed by atoms with van der Waals surface area (Å²) >= 11 is 0. The molecule has 0 amide bonds. The molecule has 2 aliphatic rings. The minimum atomic E-state index is -3.51. The number of benzene rings is 2. The van der Waals surface area contributed by atoms with Crippen LogP contribution < -0.4 is 10.0 Å². The second-order valence-corrected chi connectivity index (χ2v) is 13.3. The van der Waals surface area contributed by atoms with Gasteiger partial charge in [-0.15, -0.1) is 0 Å². The number of nitrogens with zero attached hydrogens (tertiary/aromatic N) is 1. The van der Waals surface area contributed by atoms with Crippen molar-refractivity contribution in [3.63, 3.8) is 0 Å². The molecule has 0 radical (unpaired) electrons. The fourth-order valence-electron chi connectivity index (χ4n) is 4.34. The molecule has 0 aromatic heterocycles. The minimum Gasteiger partial charge on any atom is -0.506 e. The molecule has 10 heteroatoms. The fourth-order valence-corrected chi connectivity index (χ4v) is 5.83. The lowest BCUT2D eigenvalue weighted by atomic mass is 9.65. The number of sulfonamides is 1. The molecule has 2 atom stereocenters. The van der Waals surface area contributed by atoms with Crippen LogP contribution in [0.1, 0.15) is 51.7 Å². The Balaban J connectivity index is 1.78. The second-order valence-electron chi connectivity index (χ2n) is 10.4. The number of Topliss-reactive ketones (excluding diaryl/α,β-unsaturated/α-hetero) is 1. The molecular weight excluding hydrogens is 486 g/mol. The number of anilines is 2. The Morgan fingerprint density at radius 1 is 1.17 bits per heavy atom. The number of aliphatic hydroxyl groups excluding tert-OH is 1. The van der Waals surface area contributed by atoms with E-state index in [0.29, 0.717) is 17.7 Å². The summed E-state index contributed by atoms with van der Waals surface area (Å²) in [4.78, 5) is 14.2. The maximum absolute atomic E-state index is 14.0. The average molecular weight is 516 g/mol. The molecule has 0 saturated heterocycles. The fraction of sp³-hybridized carbons (Fsp3) is 0.360. The van der Waals surface area contributed by atoms with E-state index in [-0.39, 0.29) is 38.9 Å². The molecule has 2 aromatic rings. The van der Waals surface area contributed by atoms with E-state index in [1.165, 1.54) is 12.1 Å². The van der Waals surface area contributed by atoms with Crippen LogP contribution in [0.5, 0.6) is 0 Å². The van der Waals surface area contributed by atoms with Crippen molar-refractivity contribution in [2.45, 2.75) is 50.8 Å². The maximum Gasteiger partial charge on any atom is 0.229 e. The Hall–Kier alpha value is -2.98. The number of ketones is 1. The molecule has 3 N–H and O–H groups in total. The average Bonchev–Trinajstić information content (AvgIpc) is 2.75. The zero-order chi connectivity index (χ0) is 25.8. The third-order valence-electron chi connectivity index (χ3n) is 6.25. The molecule has 0 fully saturated rings. The monoisotopic (exact) mass is 515 g/mol. The van der Waals surface area contributed by atoms with Crippen molar-refractivity contribution in [1.82, 2.24) is 0 Å². The van der Waals surface area contributed by atoms with Gasteiger partial charge in [0.2, 0.25) is 10.0 Å². The Bertz CT molecular complexity index is 1420. The van der Waals surface area contributed by atoms with Crippen LogP contribution in [0.25, 0.3) is 5.76 Å². The zero-order valence-corrected chi connectivity index (χ0v) is 21.9. The van der Waals surface area contributed by atoms with Crippen LogP contribution in [-0.4, -0.2) is 35.6 Å². The number of aliphatic hydroxyl groups is 1. The van der Waals surface area contributed by atoms with E-state index in [1.54, 1.807) is 18.2 Å². The quantitative estimate of drug-likeness (QED) is 0.537. The molecule has 4 rings (SSSR count). The first kappa shape index (κ1) is 25.1. The number of rotatable bonds is 5. The lowest BCUT2D eigenvalue weighted by Gasteiger charge is -2.37. The molecule has 1 unspecified atom stereocenters. The first-order valence-electron chi connectivity index (χ1n) is 11.2. The maximum atomic E-state index is 14.0.